The van der Waals surface area contributed by atoms with E-state index < -0.39 is 5.97 Å². The van der Waals surface area contributed by atoms with Gasteiger partial charge in [0.25, 0.3) is 0 Å². The molecule has 0 aliphatic carbocycles. The number of methoxy groups -OCH3 is 1. The second-order valence-electron chi connectivity index (χ2n) is 3.89. The van der Waals surface area contributed by atoms with Crippen molar-refractivity contribution >= 4 is 5.97 Å². The number of aliphatic carboxylic acids is 1. The number of nitrogens with zero attached hydrogens (tertiary/aromatic N) is 1. The predicted molar refractivity (Wildman–Crippen MR) is 67.9 cm³/mol. The molecule has 0 spiro atoms. The van der Waals surface area contributed by atoms with E-state index in [4.69, 9.17) is 19.3 Å². The summed E-state index contributed by atoms with van der Waals surface area (Å²) >= 11 is 0. The lowest BCUT2D eigenvalue weighted by Gasteiger charge is -2.19. The van der Waals surface area contributed by atoms with Gasteiger partial charge in [-0.15, -0.1) is 0 Å². The number of hydrogen-bond donors (Lipinski definition) is 1. The van der Waals surface area contributed by atoms with Crippen LogP contribution in [0.1, 0.15) is 13.3 Å². The maximum Gasteiger partial charge on any atom is 0.317 e. The maximum absolute atomic E-state index is 10.6. The molecule has 18 heavy (non-hydrogen) atoms. The monoisotopic (exact) mass is 263 g/mol. The first-order valence-corrected chi connectivity index (χ1v) is 6.29. The smallest absolute Gasteiger partial charge is 0.317 e. The van der Waals surface area contributed by atoms with E-state index in [1.165, 1.54) is 0 Å². The first-order chi connectivity index (χ1) is 8.70. The normalized spacial score (nSPS) is 11.1. The van der Waals surface area contributed by atoms with Gasteiger partial charge in [-0.05, 0) is 13.0 Å². The van der Waals surface area contributed by atoms with Crippen molar-refractivity contribution in [3.63, 3.8) is 0 Å². The minimum absolute atomic E-state index is 0.0710. The maximum atomic E-state index is 10.6. The summed E-state index contributed by atoms with van der Waals surface area (Å²) in [6.45, 7) is 6.26. The van der Waals surface area contributed by atoms with Crippen molar-refractivity contribution in [2.75, 3.05) is 59.8 Å². The van der Waals surface area contributed by atoms with Gasteiger partial charge in [0, 0.05) is 13.7 Å². The standard InChI is InChI=1S/C12H25NO5/c1-3-4-13(11-12(14)15)5-6-17-9-10-18-8-7-16-2/h3-11H2,1-2H3,(H,14,15). The molecule has 0 bridgehead atoms. The van der Waals surface area contributed by atoms with E-state index in [0.717, 1.165) is 13.0 Å². The molecule has 6 heteroatoms. The van der Waals surface area contributed by atoms with Crippen LogP contribution in [0, 0.1) is 0 Å². The summed E-state index contributed by atoms with van der Waals surface area (Å²) in [6.07, 6.45) is 0.938. The van der Waals surface area contributed by atoms with Crippen LogP contribution in [-0.2, 0) is 19.0 Å². The lowest BCUT2D eigenvalue weighted by Crippen LogP contribution is -2.33. The van der Waals surface area contributed by atoms with Gasteiger partial charge in [0.2, 0.25) is 0 Å². The van der Waals surface area contributed by atoms with E-state index >= 15 is 0 Å². The zero-order chi connectivity index (χ0) is 13.6. The van der Waals surface area contributed by atoms with Crippen molar-refractivity contribution in [1.82, 2.24) is 4.90 Å². The average Bonchev–Trinajstić information content (AvgIpc) is 2.32. The van der Waals surface area contributed by atoms with Crippen LogP contribution in [0.5, 0.6) is 0 Å². The molecule has 0 fully saturated rings. The minimum atomic E-state index is -0.800. The van der Waals surface area contributed by atoms with E-state index in [1.54, 1.807) is 7.11 Å². The van der Waals surface area contributed by atoms with E-state index in [-0.39, 0.29) is 6.54 Å². The third-order valence-electron chi connectivity index (χ3n) is 2.25. The van der Waals surface area contributed by atoms with E-state index in [9.17, 15) is 4.79 Å². The molecular formula is C12H25NO5. The summed E-state index contributed by atoms with van der Waals surface area (Å²) in [4.78, 5) is 12.5. The number of rotatable bonds is 13. The van der Waals surface area contributed by atoms with E-state index in [2.05, 4.69) is 0 Å². The van der Waals surface area contributed by atoms with Crippen LogP contribution < -0.4 is 0 Å². The number of carboxylic acids is 1. The molecule has 0 saturated heterocycles. The summed E-state index contributed by atoms with van der Waals surface area (Å²) in [6, 6.07) is 0. The van der Waals surface area contributed by atoms with Crippen LogP contribution in [0.15, 0.2) is 0 Å². The second kappa shape index (κ2) is 12.8. The quantitative estimate of drug-likeness (QED) is 0.487. The van der Waals surface area contributed by atoms with Crippen LogP contribution in [0.2, 0.25) is 0 Å². The molecule has 0 aromatic carbocycles. The fourth-order valence-electron chi connectivity index (χ4n) is 1.44. The van der Waals surface area contributed by atoms with Gasteiger partial charge in [-0.3, -0.25) is 9.69 Å². The molecule has 0 heterocycles. The molecule has 0 rings (SSSR count). The lowest BCUT2D eigenvalue weighted by molar-refractivity contribution is -0.138. The molecule has 108 valence electrons. The van der Waals surface area contributed by atoms with Crippen molar-refractivity contribution < 1.29 is 24.1 Å². The van der Waals surface area contributed by atoms with Gasteiger partial charge >= 0.3 is 5.97 Å². The molecule has 0 amide bonds. The first kappa shape index (κ1) is 17.3. The van der Waals surface area contributed by atoms with E-state index in [0.29, 0.717) is 39.6 Å². The summed E-state index contributed by atoms with van der Waals surface area (Å²) in [7, 11) is 1.63. The topological polar surface area (TPSA) is 68.2 Å². The zero-order valence-corrected chi connectivity index (χ0v) is 11.4. The van der Waals surface area contributed by atoms with Crippen LogP contribution >= 0.6 is 0 Å². The molecule has 1 N–H and O–H groups in total. The van der Waals surface area contributed by atoms with Crippen LogP contribution in [-0.4, -0.2) is 75.8 Å². The Kier molecular flexibility index (Phi) is 12.3. The number of carboxylic acid groups (broad SMARTS) is 1. The first-order valence-electron chi connectivity index (χ1n) is 6.29. The van der Waals surface area contributed by atoms with Gasteiger partial charge < -0.3 is 19.3 Å². The molecule has 6 nitrogen and oxygen atoms in total. The third-order valence-corrected chi connectivity index (χ3v) is 2.25. The summed E-state index contributed by atoms with van der Waals surface area (Å²) < 4.78 is 15.4. The van der Waals surface area contributed by atoms with Crippen molar-refractivity contribution in [3.05, 3.63) is 0 Å². The van der Waals surface area contributed by atoms with Gasteiger partial charge in [-0.2, -0.15) is 0 Å². The van der Waals surface area contributed by atoms with Gasteiger partial charge in [-0.25, -0.2) is 0 Å². The van der Waals surface area contributed by atoms with Crippen LogP contribution in [0.25, 0.3) is 0 Å². The van der Waals surface area contributed by atoms with E-state index in [1.807, 2.05) is 11.8 Å². The number of ether oxygens (including phenoxy) is 3. The lowest BCUT2D eigenvalue weighted by atomic mass is 10.4. The van der Waals surface area contributed by atoms with Gasteiger partial charge in [0.15, 0.2) is 0 Å². The fraction of sp³-hybridized carbons (Fsp3) is 0.917. The Morgan fingerprint density at radius 3 is 2.22 bits per heavy atom. The van der Waals surface area contributed by atoms with Gasteiger partial charge in [-0.1, -0.05) is 6.92 Å². The number of hydrogen-bond acceptors (Lipinski definition) is 5. The highest BCUT2D eigenvalue weighted by Gasteiger charge is 2.07. The summed E-state index contributed by atoms with van der Waals surface area (Å²) in [5, 5.41) is 8.72. The number of carbonyl (C=O) groups is 1. The Bertz CT molecular complexity index is 201. The van der Waals surface area contributed by atoms with Gasteiger partial charge in [0.1, 0.15) is 0 Å². The highest BCUT2D eigenvalue weighted by Crippen LogP contribution is 1.92. The van der Waals surface area contributed by atoms with Crippen molar-refractivity contribution in [2.45, 2.75) is 13.3 Å². The highest BCUT2D eigenvalue weighted by atomic mass is 16.5. The molecule has 0 aromatic heterocycles. The molecule has 0 aliphatic heterocycles. The van der Waals surface area contributed by atoms with Crippen molar-refractivity contribution in [3.8, 4) is 0 Å². The van der Waals surface area contributed by atoms with Crippen LogP contribution in [0.4, 0.5) is 0 Å². The molecule has 0 saturated carbocycles. The second-order valence-corrected chi connectivity index (χ2v) is 3.89. The summed E-state index contributed by atoms with van der Waals surface area (Å²) in [5.41, 5.74) is 0. The Labute approximate surface area is 109 Å². The molecule has 0 aromatic rings. The van der Waals surface area contributed by atoms with Gasteiger partial charge in [0.05, 0.1) is 39.6 Å². The predicted octanol–water partition coefficient (Wildman–Crippen LogP) is 0.463. The zero-order valence-electron chi connectivity index (χ0n) is 11.4. The Morgan fingerprint density at radius 1 is 1.06 bits per heavy atom. The molecule has 0 aliphatic rings. The SMILES string of the molecule is CCCN(CCOCCOCCOC)CC(=O)O. The molecule has 0 radical (unpaired) electrons. The largest absolute Gasteiger partial charge is 0.480 e. The fourth-order valence-corrected chi connectivity index (χ4v) is 1.44. The average molecular weight is 263 g/mol. The Morgan fingerprint density at radius 2 is 1.67 bits per heavy atom. The minimum Gasteiger partial charge on any atom is -0.480 e. The summed E-state index contributed by atoms with van der Waals surface area (Å²) in [5.74, 6) is -0.800. The molecule has 0 unspecified atom stereocenters. The van der Waals surface area contributed by atoms with Crippen LogP contribution in [0.3, 0.4) is 0 Å². The Hall–Kier alpha value is -0.690. The molecule has 0 atom stereocenters. The third kappa shape index (κ3) is 11.8. The Balaban J connectivity index is 3.40. The molecular weight excluding hydrogens is 238 g/mol. The van der Waals surface area contributed by atoms with Crippen molar-refractivity contribution in [2.24, 2.45) is 0 Å². The van der Waals surface area contributed by atoms with Crippen molar-refractivity contribution in [1.29, 1.82) is 0 Å². The highest BCUT2D eigenvalue weighted by molar-refractivity contribution is 5.69.